The van der Waals surface area contributed by atoms with Crippen LogP contribution in [0.3, 0.4) is 0 Å². The number of carbonyl (C=O) groups excluding carboxylic acids is 1. The summed E-state index contributed by atoms with van der Waals surface area (Å²) in [5, 5.41) is 8.81. The van der Waals surface area contributed by atoms with Gasteiger partial charge in [-0.2, -0.15) is 0 Å². The molecule has 0 aliphatic carbocycles. The molecule has 0 bridgehead atoms. The second-order valence-electron chi connectivity index (χ2n) is 3.17. The summed E-state index contributed by atoms with van der Waals surface area (Å²) in [4.78, 5) is 22.6. The maximum Gasteiger partial charge on any atom is 0.345 e. The minimum Gasteiger partial charge on any atom is -0.477 e. The van der Waals surface area contributed by atoms with Gasteiger partial charge in [0, 0.05) is 16.0 Å². The van der Waals surface area contributed by atoms with Crippen molar-refractivity contribution in [3.05, 3.63) is 46.8 Å². The Morgan fingerprint density at radius 1 is 1.19 bits per heavy atom. The van der Waals surface area contributed by atoms with Crippen LogP contribution < -0.4 is 0 Å². The van der Waals surface area contributed by atoms with Crippen LogP contribution in [0.4, 0.5) is 0 Å². The number of aldehydes is 1. The van der Waals surface area contributed by atoms with Gasteiger partial charge in [0.2, 0.25) is 0 Å². The highest BCUT2D eigenvalue weighted by molar-refractivity contribution is 7.17. The van der Waals surface area contributed by atoms with E-state index < -0.39 is 5.97 Å². The van der Waals surface area contributed by atoms with Gasteiger partial charge in [-0.1, -0.05) is 24.3 Å². The average molecular weight is 232 g/mol. The molecular weight excluding hydrogens is 224 g/mol. The SMILES string of the molecule is O=Cc1ccccc1-c1ccc(C(=O)O)s1. The van der Waals surface area contributed by atoms with Crippen molar-refractivity contribution in [3.8, 4) is 10.4 Å². The van der Waals surface area contributed by atoms with Gasteiger partial charge >= 0.3 is 5.97 Å². The Balaban J connectivity index is 2.50. The Bertz CT molecular complexity index is 543. The molecule has 3 nitrogen and oxygen atoms in total. The lowest BCUT2D eigenvalue weighted by molar-refractivity contribution is 0.0702. The van der Waals surface area contributed by atoms with Gasteiger partial charge in [-0.25, -0.2) is 4.79 Å². The van der Waals surface area contributed by atoms with Crippen molar-refractivity contribution in [2.24, 2.45) is 0 Å². The van der Waals surface area contributed by atoms with E-state index in [4.69, 9.17) is 5.11 Å². The fraction of sp³-hybridized carbons (Fsp3) is 0. The molecule has 2 aromatic rings. The van der Waals surface area contributed by atoms with Crippen LogP contribution in [0, 0.1) is 0 Å². The van der Waals surface area contributed by atoms with Crippen molar-refractivity contribution in [1.29, 1.82) is 0 Å². The van der Waals surface area contributed by atoms with Crippen LogP contribution in [0.15, 0.2) is 36.4 Å². The first-order valence-electron chi connectivity index (χ1n) is 4.60. The largest absolute Gasteiger partial charge is 0.477 e. The summed E-state index contributed by atoms with van der Waals surface area (Å²) in [6.07, 6.45) is 0.773. The third-order valence-corrected chi connectivity index (χ3v) is 3.28. The molecule has 0 atom stereocenters. The molecule has 0 saturated carbocycles. The first kappa shape index (κ1) is 10.6. The molecule has 0 fully saturated rings. The third-order valence-electron chi connectivity index (χ3n) is 2.17. The second kappa shape index (κ2) is 4.28. The van der Waals surface area contributed by atoms with Gasteiger partial charge in [0.05, 0.1) is 0 Å². The zero-order valence-corrected chi connectivity index (χ0v) is 9.03. The molecule has 0 aliphatic rings. The van der Waals surface area contributed by atoms with Crippen LogP contribution in [-0.4, -0.2) is 17.4 Å². The molecular formula is C12H8O3S. The fourth-order valence-electron chi connectivity index (χ4n) is 1.42. The molecule has 4 heteroatoms. The smallest absolute Gasteiger partial charge is 0.345 e. The van der Waals surface area contributed by atoms with Gasteiger partial charge in [-0.3, -0.25) is 4.79 Å². The second-order valence-corrected chi connectivity index (χ2v) is 4.26. The number of hydrogen-bond donors (Lipinski definition) is 1. The maximum atomic E-state index is 10.8. The molecule has 0 saturated heterocycles. The number of aromatic carboxylic acids is 1. The van der Waals surface area contributed by atoms with Crippen LogP contribution in [0.25, 0.3) is 10.4 Å². The van der Waals surface area contributed by atoms with Gasteiger partial charge in [0.25, 0.3) is 0 Å². The summed E-state index contributed by atoms with van der Waals surface area (Å²) in [6.45, 7) is 0. The molecule has 0 unspecified atom stereocenters. The van der Waals surface area contributed by atoms with Crippen LogP contribution in [0.5, 0.6) is 0 Å². The highest BCUT2D eigenvalue weighted by Crippen LogP contribution is 2.29. The van der Waals surface area contributed by atoms with Crippen molar-refractivity contribution in [2.75, 3.05) is 0 Å². The van der Waals surface area contributed by atoms with E-state index in [1.807, 2.05) is 6.07 Å². The quantitative estimate of drug-likeness (QED) is 0.828. The van der Waals surface area contributed by atoms with Crippen molar-refractivity contribution < 1.29 is 14.7 Å². The number of rotatable bonds is 3. The van der Waals surface area contributed by atoms with Crippen LogP contribution in [0.1, 0.15) is 20.0 Å². The molecule has 0 radical (unpaired) electrons. The first-order chi connectivity index (χ1) is 7.72. The predicted molar refractivity (Wildman–Crippen MR) is 62.1 cm³/mol. The minimum atomic E-state index is -0.945. The molecule has 0 amide bonds. The average Bonchev–Trinajstić information content (AvgIpc) is 2.78. The number of benzene rings is 1. The van der Waals surface area contributed by atoms with Gasteiger partial charge in [0.15, 0.2) is 6.29 Å². The van der Waals surface area contributed by atoms with Crippen molar-refractivity contribution in [1.82, 2.24) is 0 Å². The number of carboxylic acid groups (broad SMARTS) is 1. The number of thiophene rings is 1. The number of carboxylic acids is 1. The van der Waals surface area contributed by atoms with E-state index in [1.165, 1.54) is 11.3 Å². The topological polar surface area (TPSA) is 54.4 Å². The number of carbonyl (C=O) groups is 2. The highest BCUT2D eigenvalue weighted by Gasteiger charge is 2.10. The van der Waals surface area contributed by atoms with Crippen LogP contribution in [0.2, 0.25) is 0 Å². The van der Waals surface area contributed by atoms with Crippen LogP contribution >= 0.6 is 11.3 Å². The summed E-state index contributed by atoms with van der Waals surface area (Å²) in [5.74, 6) is -0.945. The van der Waals surface area contributed by atoms with E-state index in [9.17, 15) is 9.59 Å². The minimum absolute atomic E-state index is 0.274. The van der Waals surface area contributed by atoms with E-state index in [0.717, 1.165) is 16.7 Å². The summed E-state index contributed by atoms with van der Waals surface area (Å²) in [7, 11) is 0. The summed E-state index contributed by atoms with van der Waals surface area (Å²) >= 11 is 1.17. The molecule has 1 N–H and O–H groups in total. The Labute approximate surface area is 96.0 Å². The molecule has 16 heavy (non-hydrogen) atoms. The fourth-order valence-corrected chi connectivity index (χ4v) is 2.31. The highest BCUT2D eigenvalue weighted by atomic mass is 32.1. The lowest BCUT2D eigenvalue weighted by Crippen LogP contribution is -1.89. The summed E-state index contributed by atoms with van der Waals surface area (Å²) in [6, 6.07) is 10.4. The molecule has 1 heterocycles. The normalized spacial score (nSPS) is 10.0. The summed E-state index contributed by atoms with van der Waals surface area (Å²) < 4.78 is 0. The van der Waals surface area contributed by atoms with Crippen molar-refractivity contribution in [2.45, 2.75) is 0 Å². The molecule has 80 valence electrons. The predicted octanol–water partition coefficient (Wildman–Crippen LogP) is 2.93. The lowest BCUT2D eigenvalue weighted by atomic mass is 10.1. The van der Waals surface area contributed by atoms with E-state index in [-0.39, 0.29) is 4.88 Å². The zero-order valence-electron chi connectivity index (χ0n) is 8.21. The van der Waals surface area contributed by atoms with Gasteiger partial charge < -0.3 is 5.11 Å². The van der Waals surface area contributed by atoms with Crippen LogP contribution in [-0.2, 0) is 0 Å². The lowest BCUT2D eigenvalue weighted by Gasteiger charge is -1.99. The monoisotopic (exact) mass is 232 g/mol. The van der Waals surface area contributed by atoms with E-state index in [1.54, 1.807) is 30.3 Å². The van der Waals surface area contributed by atoms with Gasteiger partial charge in [-0.15, -0.1) is 11.3 Å². The van der Waals surface area contributed by atoms with Gasteiger partial charge in [0.1, 0.15) is 4.88 Å². The van der Waals surface area contributed by atoms with E-state index in [2.05, 4.69) is 0 Å². The Kier molecular flexibility index (Phi) is 2.83. The molecule has 1 aromatic carbocycles. The Morgan fingerprint density at radius 3 is 2.56 bits per heavy atom. The molecule has 0 aliphatic heterocycles. The Morgan fingerprint density at radius 2 is 1.94 bits per heavy atom. The van der Waals surface area contributed by atoms with Crippen molar-refractivity contribution in [3.63, 3.8) is 0 Å². The molecule has 1 aromatic heterocycles. The van der Waals surface area contributed by atoms with E-state index in [0.29, 0.717) is 5.56 Å². The zero-order chi connectivity index (χ0) is 11.5. The Hall–Kier alpha value is -1.94. The van der Waals surface area contributed by atoms with E-state index >= 15 is 0 Å². The van der Waals surface area contributed by atoms with Crippen molar-refractivity contribution >= 4 is 23.6 Å². The number of hydrogen-bond acceptors (Lipinski definition) is 3. The van der Waals surface area contributed by atoms with Gasteiger partial charge in [-0.05, 0) is 12.1 Å². The molecule has 0 spiro atoms. The summed E-state index contributed by atoms with van der Waals surface area (Å²) in [5.41, 5.74) is 1.34. The first-order valence-corrected chi connectivity index (χ1v) is 5.41. The molecule has 2 rings (SSSR count). The maximum absolute atomic E-state index is 10.8. The standard InChI is InChI=1S/C12H8O3S/c13-7-8-3-1-2-4-9(8)10-5-6-11(16-10)12(14)15/h1-7H,(H,14,15). The third kappa shape index (κ3) is 1.87.